The van der Waals surface area contributed by atoms with E-state index < -0.39 is 5.97 Å². The Labute approximate surface area is 127 Å². The number of aromatic nitrogens is 1. The van der Waals surface area contributed by atoms with E-state index in [2.05, 4.69) is 11.9 Å². The molecule has 0 radical (unpaired) electrons. The lowest BCUT2D eigenvalue weighted by Gasteiger charge is -2.33. The summed E-state index contributed by atoms with van der Waals surface area (Å²) < 4.78 is 0. The number of hydrogen-bond acceptors (Lipinski definition) is 3. The zero-order chi connectivity index (χ0) is 14.7. The van der Waals surface area contributed by atoms with Gasteiger partial charge in [0.25, 0.3) is 0 Å². The average Bonchev–Trinajstić information content (AvgIpc) is 2.68. The summed E-state index contributed by atoms with van der Waals surface area (Å²) in [6.07, 6.45) is 2.94. The molecule has 2 unspecified atom stereocenters. The molecule has 0 saturated carbocycles. The molecule has 2 bridgehead atoms. The van der Waals surface area contributed by atoms with Crippen molar-refractivity contribution in [2.24, 2.45) is 0 Å². The molecule has 108 valence electrons. The van der Waals surface area contributed by atoms with Gasteiger partial charge in [-0.25, -0.2) is 4.79 Å². The maximum atomic E-state index is 11.9. The molecule has 1 fully saturated rings. The number of benzene rings is 1. The van der Waals surface area contributed by atoms with Gasteiger partial charge in [-0.15, -0.1) is 0 Å². The Kier molecular flexibility index (Phi) is 2.75. The van der Waals surface area contributed by atoms with E-state index in [1.807, 2.05) is 0 Å². The molecule has 4 rings (SSSR count). The SMILES string of the molecule is CN1C2CCC1c1c(nc3cc(Cl)ccc3c1C(=O)O)C2. The second kappa shape index (κ2) is 4.42. The van der Waals surface area contributed by atoms with Crippen LogP contribution in [0.15, 0.2) is 18.2 Å². The van der Waals surface area contributed by atoms with Crippen LogP contribution >= 0.6 is 11.6 Å². The molecule has 1 N–H and O–H groups in total. The number of fused-ring (bicyclic) bond motifs is 5. The topological polar surface area (TPSA) is 53.4 Å². The maximum Gasteiger partial charge on any atom is 0.336 e. The van der Waals surface area contributed by atoms with Crippen LogP contribution < -0.4 is 0 Å². The minimum Gasteiger partial charge on any atom is -0.478 e. The molecule has 1 aromatic heterocycles. The van der Waals surface area contributed by atoms with Gasteiger partial charge in [0, 0.05) is 40.2 Å². The Morgan fingerprint density at radius 2 is 2.24 bits per heavy atom. The van der Waals surface area contributed by atoms with Crippen LogP contribution in [0.25, 0.3) is 10.9 Å². The van der Waals surface area contributed by atoms with Crippen molar-refractivity contribution in [2.45, 2.75) is 31.3 Å². The first-order chi connectivity index (χ1) is 10.1. The predicted octanol–water partition coefficient (Wildman–Crippen LogP) is 3.28. The second-order valence-corrected chi connectivity index (χ2v) is 6.37. The van der Waals surface area contributed by atoms with Crippen molar-refractivity contribution >= 4 is 28.5 Å². The van der Waals surface area contributed by atoms with Crippen molar-refractivity contribution in [3.05, 3.63) is 40.0 Å². The van der Waals surface area contributed by atoms with Gasteiger partial charge in [0.15, 0.2) is 0 Å². The first-order valence-corrected chi connectivity index (χ1v) is 7.51. The first-order valence-electron chi connectivity index (χ1n) is 7.13. The number of rotatable bonds is 1. The number of aromatic carboxylic acids is 1. The summed E-state index contributed by atoms with van der Waals surface area (Å²) in [5, 5.41) is 11.0. The summed E-state index contributed by atoms with van der Waals surface area (Å²) in [4.78, 5) is 18.9. The first kappa shape index (κ1) is 13.0. The molecular formula is C16H15ClN2O2. The molecule has 1 saturated heterocycles. The van der Waals surface area contributed by atoms with Gasteiger partial charge in [-0.1, -0.05) is 17.7 Å². The quantitative estimate of drug-likeness (QED) is 0.878. The van der Waals surface area contributed by atoms with Crippen molar-refractivity contribution in [3.63, 3.8) is 0 Å². The van der Waals surface area contributed by atoms with Crippen LogP contribution in [0.4, 0.5) is 0 Å². The summed E-state index contributed by atoms with van der Waals surface area (Å²) in [5.41, 5.74) is 2.94. The van der Waals surface area contributed by atoms with Crippen LogP contribution in [0.5, 0.6) is 0 Å². The number of carboxylic acids is 1. The third-order valence-corrected chi connectivity index (χ3v) is 5.12. The van der Waals surface area contributed by atoms with Crippen LogP contribution in [0.3, 0.4) is 0 Å². The van der Waals surface area contributed by atoms with E-state index in [0.29, 0.717) is 27.5 Å². The molecule has 2 aliphatic heterocycles. The van der Waals surface area contributed by atoms with Gasteiger partial charge in [-0.05, 0) is 32.0 Å². The van der Waals surface area contributed by atoms with Crippen LogP contribution in [0.1, 0.15) is 40.5 Å². The van der Waals surface area contributed by atoms with Gasteiger partial charge in [0.05, 0.1) is 11.1 Å². The van der Waals surface area contributed by atoms with Gasteiger partial charge >= 0.3 is 5.97 Å². The molecule has 2 atom stereocenters. The fourth-order valence-electron chi connectivity index (χ4n) is 3.88. The molecule has 4 nitrogen and oxygen atoms in total. The Bertz CT molecular complexity index is 774. The van der Waals surface area contributed by atoms with Gasteiger partial charge in [-0.3, -0.25) is 9.88 Å². The number of carboxylic acid groups (broad SMARTS) is 1. The Morgan fingerprint density at radius 1 is 1.43 bits per heavy atom. The van der Waals surface area contributed by atoms with E-state index in [4.69, 9.17) is 16.6 Å². The van der Waals surface area contributed by atoms with Crippen molar-refractivity contribution in [1.82, 2.24) is 9.88 Å². The highest BCUT2D eigenvalue weighted by Crippen LogP contribution is 2.45. The number of likely N-dealkylation sites (N-methyl/N-ethyl adjacent to an activating group) is 1. The van der Waals surface area contributed by atoms with E-state index in [1.165, 1.54) is 0 Å². The molecule has 3 heterocycles. The predicted molar refractivity (Wildman–Crippen MR) is 80.9 cm³/mol. The van der Waals surface area contributed by atoms with Gasteiger partial charge < -0.3 is 5.11 Å². The second-order valence-electron chi connectivity index (χ2n) is 5.93. The zero-order valence-electron chi connectivity index (χ0n) is 11.6. The van der Waals surface area contributed by atoms with Crippen molar-refractivity contribution in [3.8, 4) is 0 Å². The summed E-state index contributed by atoms with van der Waals surface area (Å²) in [6.45, 7) is 0. The standard InChI is InChI=1S/C16H15ClN2O2/c1-19-9-3-5-13(19)15-12(7-9)18-11-6-8(17)2-4-10(11)14(15)16(20)21/h2,4,6,9,13H,3,5,7H2,1H3,(H,20,21). The average molecular weight is 303 g/mol. The zero-order valence-corrected chi connectivity index (χ0v) is 12.4. The minimum atomic E-state index is -0.875. The molecule has 1 aromatic carbocycles. The number of halogens is 1. The highest BCUT2D eigenvalue weighted by atomic mass is 35.5. The fraction of sp³-hybridized carbons (Fsp3) is 0.375. The van der Waals surface area contributed by atoms with E-state index >= 15 is 0 Å². The fourth-order valence-corrected chi connectivity index (χ4v) is 4.04. The minimum absolute atomic E-state index is 0.178. The van der Waals surface area contributed by atoms with Crippen molar-refractivity contribution in [2.75, 3.05) is 7.05 Å². The van der Waals surface area contributed by atoms with E-state index in [-0.39, 0.29) is 6.04 Å². The van der Waals surface area contributed by atoms with Gasteiger partial charge in [0.2, 0.25) is 0 Å². The Hall–Kier alpha value is -1.65. The van der Waals surface area contributed by atoms with Crippen molar-refractivity contribution in [1.29, 1.82) is 0 Å². The highest BCUT2D eigenvalue weighted by molar-refractivity contribution is 6.31. The summed E-state index contributed by atoms with van der Waals surface area (Å²) in [5.74, 6) is -0.875. The van der Waals surface area contributed by atoms with Crippen LogP contribution in [0.2, 0.25) is 5.02 Å². The Balaban J connectivity index is 2.08. The largest absolute Gasteiger partial charge is 0.478 e. The normalized spacial score (nSPS) is 24.3. The van der Waals surface area contributed by atoms with Crippen molar-refractivity contribution < 1.29 is 9.90 Å². The summed E-state index contributed by atoms with van der Waals surface area (Å²) >= 11 is 6.03. The third-order valence-electron chi connectivity index (χ3n) is 4.88. The lowest BCUT2D eigenvalue weighted by atomic mass is 9.91. The van der Waals surface area contributed by atoms with Crippen LogP contribution in [-0.4, -0.2) is 34.0 Å². The maximum absolute atomic E-state index is 11.9. The molecular weight excluding hydrogens is 288 g/mol. The van der Waals surface area contributed by atoms with Gasteiger partial charge in [0.1, 0.15) is 0 Å². The van der Waals surface area contributed by atoms with Gasteiger partial charge in [-0.2, -0.15) is 0 Å². The molecule has 0 spiro atoms. The Morgan fingerprint density at radius 3 is 3.00 bits per heavy atom. The van der Waals surface area contributed by atoms with E-state index in [9.17, 15) is 9.90 Å². The summed E-state index contributed by atoms with van der Waals surface area (Å²) in [6, 6.07) is 5.92. The third kappa shape index (κ3) is 1.79. The van der Waals surface area contributed by atoms with E-state index in [1.54, 1.807) is 18.2 Å². The number of carbonyl (C=O) groups is 1. The molecule has 21 heavy (non-hydrogen) atoms. The van der Waals surface area contributed by atoms with E-state index in [0.717, 1.165) is 30.5 Å². The van der Waals surface area contributed by atoms with Crippen LogP contribution in [0, 0.1) is 0 Å². The summed E-state index contributed by atoms with van der Waals surface area (Å²) in [7, 11) is 2.09. The van der Waals surface area contributed by atoms with Crippen LogP contribution in [-0.2, 0) is 6.42 Å². The molecule has 0 aliphatic carbocycles. The number of hydrogen-bond donors (Lipinski definition) is 1. The highest BCUT2D eigenvalue weighted by Gasteiger charge is 2.41. The lowest BCUT2D eigenvalue weighted by molar-refractivity contribution is 0.0694. The monoisotopic (exact) mass is 302 g/mol. The molecule has 5 heteroatoms. The number of pyridine rings is 1. The number of nitrogens with zero attached hydrogens (tertiary/aromatic N) is 2. The molecule has 2 aliphatic rings. The molecule has 2 aromatic rings. The lowest BCUT2D eigenvalue weighted by Crippen LogP contribution is -2.35. The molecule has 0 amide bonds. The smallest absolute Gasteiger partial charge is 0.336 e.